The SMILES string of the molecule is Nc1cccc(Cl)c1CN(CCN1CCCC(F)CC1)C(=O)c1ccn[nH]1. The third-order valence-corrected chi connectivity index (χ3v) is 5.31. The van der Waals surface area contributed by atoms with Crippen LogP contribution < -0.4 is 5.73 Å². The van der Waals surface area contributed by atoms with Crippen molar-refractivity contribution in [2.75, 3.05) is 31.9 Å². The van der Waals surface area contributed by atoms with Crippen LogP contribution in [0.5, 0.6) is 0 Å². The number of nitrogens with two attached hydrogens (primary N) is 1. The standard InChI is InChI=1S/C19H25ClFN5O/c20-16-4-1-5-17(22)15(16)13-26(19(27)18-6-8-23-24-18)12-11-25-9-2-3-14(21)7-10-25/h1,4-6,8,14H,2-3,7,9-13,22H2,(H,23,24). The molecule has 0 aliphatic carbocycles. The van der Waals surface area contributed by atoms with E-state index in [0.29, 0.717) is 55.4 Å². The summed E-state index contributed by atoms with van der Waals surface area (Å²) >= 11 is 6.30. The number of aromatic amines is 1. The van der Waals surface area contributed by atoms with Gasteiger partial charge in [0.2, 0.25) is 0 Å². The van der Waals surface area contributed by atoms with Gasteiger partial charge in [0.05, 0.1) is 0 Å². The first kappa shape index (κ1) is 19.6. The molecule has 27 heavy (non-hydrogen) atoms. The zero-order valence-corrected chi connectivity index (χ0v) is 16.0. The van der Waals surface area contributed by atoms with Crippen molar-refractivity contribution in [2.24, 2.45) is 0 Å². The maximum atomic E-state index is 13.6. The fraction of sp³-hybridized carbons (Fsp3) is 0.474. The molecule has 1 aromatic carbocycles. The number of benzene rings is 1. The van der Waals surface area contributed by atoms with Gasteiger partial charge in [0, 0.05) is 48.6 Å². The Morgan fingerprint density at radius 1 is 1.37 bits per heavy atom. The normalized spacial score (nSPS) is 18.2. The van der Waals surface area contributed by atoms with Gasteiger partial charge in [0.15, 0.2) is 0 Å². The molecule has 146 valence electrons. The molecule has 0 bridgehead atoms. The van der Waals surface area contributed by atoms with Crippen LogP contribution in [0.1, 0.15) is 35.3 Å². The van der Waals surface area contributed by atoms with E-state index in [1.807, 2.05) is 0 Å². The Morgan fingerprint density at radius 3 is 2.96 bits per heavy atom. The van der Waals surface area contributed by atoms with Gasteiger partial charge in [-0.2, -0.15) is 5.10 Å². The first-order valence-electron chi connectivity index (χ1n) is 9.22. The predicted molar refractivity (Wildman–Crippen MR) is 104 cm³/mol. The van der Waals surface area contributed by atoms with Crippen LogP contribution in [0.25, 0.3) is 0 Å². The van der Waals surface area contributed by atoms with E-state index in [1.54, 1.807) is 35.4 Å². The van der Waals surface area contributed by atoms with Gasteiger partial charge in [-0.25, -0.2) is 4.39 Å². The van der Waals surface area contributed by atoms with Crippen LogP contribution in [-0.2, 0) is 6.54 Å². The maximum Gasteiger partial charge on any atom is 0.272 e. The summed E-state index contributed by atoms with van der Waals surface area (Å²) in [6.45, 7) is 3.04. The number of alkyl halides is 1. The van der Waals surface area contributed by atoms with Crippen molar-refractivity contribution in [2.45, 2.75) is 32.0 Å². The van der Waals surface area contributed by atoms with Gasteiger partial charge in [0.1, 0.15) is 11.9 Å². The zero-order valence-electron chi connectivity index (χ0n) is 15.2. The Hall–Kier alpha value is -2.12. The summed E-state index contributed by atoms with van der Waals surface area (Å²) in [7, 11) is 0. The van der Waals surface area contributed by atoms with Crippen LogP contribution in [0.4, 0.5) is 10.1 Å². The third-order valence-electron chi connectivity index (χ3n) is 4.96. The highest BCUT2D eigenvalue weighted by molar-refractivity contribution is 6.31. The molecule has 1 amide bonds. The van der Waals surface area contributed by atoms with Crippen molar-refractivity contribution in [3.8, 4) is 0 Å². The van der Waals surface area contributed by atoms with Gasteiger partial charge < -0.3 is 15.5 Å². The number of halogens is 2. The van der Waals surface area contributed by atoms with Crippen LogP contribution in [0.2, 0.25) is 5.02 Å². The quantitative estimate of drug-likeness (QED) is 0.739. The zero-order chi connectivity index (χ0) is 19.2. The minimum atomic E-state index is -0.722. The lowest BCUT2D eigenvalue weighted by Crippen LogP contribution is -2.39. The summed E-state index contributed by atoms with van der Waals surface area (Å²) in [5.74, 6) is -0.162. The molecule has 1 aliphatic rings. The smallest absolute Gasteiger partial charge is 0.272 e. The number of carbonyl (C=O) groups is 1. The topological polar surface area (TPSA) is 78.2 Å². The first-order chi connectivity index (χ1) is 13.0. The molecule has 8 heteroatoms. The van der Waals surface area contributed by atoms with Crippen LogP contribution in [0, 0.1) is 0 Å². The number of hydrogen-bond acceptors (Lipinski definition) is 4. The lowest BCUT2D eigenvalue weighted by atomic mass is 10.1. The molecule has 0 spiro atoms. The molecule has 3 rings (SSSR count). The number of amides is 1. The van der Waals surface area contributed by atoms with Gasteiger partial charge in [0.25, 0.3) is 5.91 Å². The highest BCUT2D eigenvalue weighted by Crippen LogP contribution is 2.24. The van der Waals surface area contributed by atoms with E-state index in [-0.39, 0.29) is 5.91 Å². The minimum Gasteiger partial charge on any atom is -0.398 e. The molecule has 1 saturated heterocycles. The van der Waals surface area contributed by atoms with E-state index in [9.17, 15) is 9.18 Å². The second-order valence-electron chi connectivity index (χ2n) is 6.87. The van der Waals surface area contributed by atoms with Crippen LogP contribution >= 0.6 is 11.6 Å². The van der Waals surface area contributed by atoms with E-state index in [2.05, 4.69) is 15.1 Å². The lowest BCUT2D eigenvalue weighted by Gasteiger charge is -2.27. The molecule has 3 N–H and O–H groups in total. The number of aromatic nitrogens is 2. The number of H-pyrrole nitrogens is 1. The average Bonchev–Trinajstić information content (AvgIpc) is 3.11. The number of carbonyl (C=O) groups excluding carboxylic acids is 1. The maximum absolute atomic E-state index is 13.6. The molecule has 1 unspecified atom stereocenters. The molecule has 1 aliphatic heterocycles. The third kappa shape index (κ3) is 5.20. The molecule has 1 atom stereocenters. The lowest BCUT2D eigenvalue weighted by molar-refractivity contribution is 0.0716. The van der Waals surface area contributed by atoms with E-state index in [4.69, 9.17) is 17.3 Å². The predicted octanol–water partition coefficient (Wildman–Crippen LogP) is 3.11. The number of rotatable bonds is 6. The second-order valence-corrected chi connectivity index (χ2v) is 7.28. The number of nitrogens with zero attached hydrogens (tertiary/aromatic N) is 3. The average molecular weight is 394 g/mol. The first-order valence-corrected chi connectivity index (χ1v) is 9.60. The van der Waals surface area contributed by atoms with Gasteiger partial charge in [-0.05, 0) is 44.0 Å². The summed E-state index contributed by atoms with van der Waals surface area (Å²) < 4.78 is 13.6. The van der Waals surface area contributed by atoms with Gasteiger partial charge in [-0.3, -0.25) is 9.89 Å². The molecular formula is C19H25ClFN5O. The molecular weight excluding hydrogens is 369 g/mol. The Bertz CT molecular complexity index is 734. The molecule has 0 saturated carbocycles. The van der Waals surface area contributed by atoms with Gasteiger partial charge in [-0.1, -0.05) is 17.7 Å². The number of nitrogen functional groups attached to an aromatic ring is 1. The number of hydrogen-bond donors (Lipinski definition) is 2. The summed E-state index contributed by atoms with van der Waals surface area (Å²) in [5.41, 5.74) is 7.77. The Morgan fingerprint density at radius 2 is 2.22 bits per heavy atom. The van der Waals surface area contributed by atoms with Crippen molar-refractivity contribution in [1.82, 2.24) is 20.0 Å². The Labute approximate surface area is 163 Å². The fourth-order valence-electron chi connectivity index (χ4n) is 3.33. The number of likely N-dealkylation sites (tertiary alicyclic amines) is 1. The molecule has 1 fully saturated rings. The molecule has 0 radical (unpaired) electrons. The highest BCUT2D eigenvalue weighted by atomic mass is 35.5. The van der Waals surface area contributed by atoms with Crippen molar-refractivity contribution in [1.29, 1.82) is 0 Å². The molecule has 2 heterocycles. The fourth-order valence-corrected chi connectivity index (χ4v) is 3.57. The highest BCUT2D eigenvalue weighted by Gasteiger charge is 2.22. The Balaban J connectivity index is 1.72. The Kier molecular flexibility index (Phi) is 6.68. The molecule has 6 nitrogen and oxygen atoms in total. The van der Waals surface area contributed by atoms with Crippen molar-refractivity contribution in [3.63, 3.8) is 0 Å². The van der Waals surface area contributed by atoms with E-state index in [0.717, 1.165) is 18.5 Å². The van der Waals surface area contributed by atoms with Gasteiger partial charge >= 0.3 is 0 Å². The van der Waals surface area contributed by atoms with Crippen molar-refractivity contribution in [3.05, 3.63) is 46.7 Å². The number of anilines is 1. The summed E-state index contributed by atoms with van der Waals surface area (Å²) in [4.78, 5) is 16.8. The molecule has 2 aromatic rings. The monoisotopic (exact) mass is 393 g/mol. The van der Waals surface area contributed by atoms with E-state index in [1.165, 1.54) is 0 Å². The van der Waals surface area contributed by atoms with Crippen molar-refractivity contribution >= 4 is 23.2 Å². The van der Waals surface area contributed by atoms with Crippen LogP contribution in [-0.4, -0.2) is 58.3 Å². The van der Waals surface area contributed by atoms with Crippen LogP contribution in [0.3, 0.4) is 0 Å². The minimum absolute atomic E-state index is 0.162. The van der Waals surface area contributed by atoms with Crippen LogP contribution in [0.15, 0.2) is 30.5 Å². The number of nitrogens with one attached hydrogen (secondary N) is 1. The van der Waals surface area contributed by atoms with E-state index >= 15 is 0 Å². The summed E-state index contributed by atoms with van der Waals surface area (Å²) in [6.07, 6.45) is 2.83. The summed E-state index contributed by atoms with van der Waals surface area (Å²) in [5, 5.41) is 7.12. The largest absolute Gasteiger partial charge is 0.398 e. The summed E-state index contributed by atoms with van der Waals surface area (Å²) in [6, 6.07) is 6.97. The molecule has 1 aromatic heterocycles. The van der Waals surface area contributed by atoms with Gasteiger partial charge in [-0.15, -0.1) is 0 Å². The second kappa shape index (κ2) is 9.19. The van der Waals surface area contributed by atoms with E-state index < -0.39 is 6.17 Å². The van der Waals surface area contributed by atoms with Crippen molar-refractivity contribution < 1.29 is 9.18 Å².